The van der Waals surface area contributed by atoms with Crippen LogP contribution in [-0.2, 0) is 0 Å². The molecule has 2 aromatic heterocycles. The normalized spacial score (nSPS) is 19.4. The number of aromatic nitrogens is 2. The van der Waals surface area contributed by atoms with Gasteiger partial charge in [-0.15, -0.1) is 12.4 Å². The Morgan fingerprint density at radius 3 is 3.11 bits per heavy atom. The van der Waals surface area contributed by atoms with Crippen LogP contribution in [0.3, 0.4) is 0 Å². The summed E-state index contributed by atoms with van der Waals surface area (Å²) in [6.07, 6.45) is 4.83. The topological polar surface area (TPSA) is 43.0 Å². The number of benzene rings is 1. The van der Waals surface area contributed by atoms with Gasteiger partial charge in [-0.2, -0.15) is 5.10 Å². The molecular weight excluding hydrogens is 250 g/mol. The molecule has 94 valence electrons. The monoisotopic (exact) mass is 263 g/mol. The molecule has 3 heterocycles. The Hall–Kier alpha value is -1.52. The Labute approximate surface area is 110 Å². The predicted molar refractivity (Wildman–Crippen MR) is 73.3 cm³/mol. The lowest BCUT2D eigenvalue weighted by Gasteiger charge is -2.10. The molecule has 0 spiro atoms. The summed E-state index contributed by atoms with van der Waals surface area (Å²) in [5, 5.41) is 10.3. The van der Waals surface area contributed by atoms with Crippen molar-refractivity contribution in [3.05, 3.63) is 30.7 Å². The van der Waals surface area contributed by atoms with E-state index in [2.05, 4.69) is 21.2 Å². The first-order valence-electron chi connectivity index (χ1n) is 5.97. The first-order valence-corrected chi connectivity index (χ1v) is 5.97. The van der Waals surface area contributed by atoms with Crippen LogP contribution in [0.4, 0.5) is 0 Å². The van der Waals surface area contributed by atoms with Gasteiger partial charge in [-0.3, -0.25) is 4.68 Å². The zero-order chi connectivity index (χ0) is 11.2. The molecule has 1 aliphatic rings. The summed E-state index contributed by atoms with van der Waals surface area (Å²) in [4.78, 5) is 0. The van der Waals surface area contributed by atoms with Crippen molar-refractivity contribution < 1.29 is 4.42 Å². The van der Waals surface area contributed by atoms with E-state index in [9.17, 15) is 0 Å². The second kappa shape index (κ2) is 4.30. The molecule has 1 aromatic carbocycles. The van der Waals surface area contributed by atoms with Gasteiger partial charge in [-0.25, -0.2) is 0 Å². The van der Waals surface area contributed by atoms with Crippen molar-refractivity contribution in [2.24, 2.45) is 0 Å². The van der Waals surface area contributed by atoms with Crippen molar-refractivity contribution in [2.75, 3.05) is 13.1 Å². The maximum absolute atomic E-state index is 5.46. The quantitative estimate of drug-likeness (QED) is 0.734. The molecule has 0 saturated carbocycles. The van der Waals surface area contributed by atoms with E-state index in [0.29, 0.717) is 6.04 Å². The van der Waals surface area contributed by atoms with E-state index in [1.165, 1.54) is 10.9 Å². The van der Waals surface area contributed by atoms with Crippen LogP contribution in [0.2, 0.25) is 0 Å². The Bertz CT molecular complexity index is 682. The van der Waals surface area contributed by atoms with Gasteiger partial charge in [0.05, 0.1) is 24.0 Å². The number of rotatable bonds is 1. The molecule has 1 N–H and O–H groups in total. The zero-order valence-corrected chi connectivity index (χ0v) is 10.6. The third kappa shape index (κ3) is 1.53. The van der Waals surface area contributed by atoms with Gasteiger partial charge >= 0.3 is 0 Å². The summed E-state index contributed by atoms with van der Waals surface area (Å²) < 4.78 is 7.60. The number of nitrogens with one attached hydrogen (secondary N) is 1. The largest absolute Gasteiger partial charge is 0.464 e. The first-order chi connectivity index (χ1) is 8.43. The molecule has 0 amide bonds. The van der Waals surface area contributed by atoms with Crippen molar-refractivity contribution in [2.45, 2.75) is 12.5 Å². The molecule has 0 aliphatic carbocycles. The highest BCUT2D eigenvalue weighted by Gasteiger charge is 2.20. The molecule has 1 unspecified atom stereocenters. The van der Waals surface area contributed by atoms with E-state index in [-0.39, 0.29) is 12.4 Å². The number of furan rings is 1. The number of nitrogens with zero attached hydrogens (tertiary/aromatic N) is 2. The van der Waals surface area contributed by atoms with Gasteiger partial charge in [-0.1, -0.05) is 0 Å². The van der Waals surface area contributed by atoms with Gasteiger partial charge < -0.3 is 9.73 Å². The van der Waals surface area contributed by atoms with E-state index in [1.807, 2.05) is 18.3 Å². The average molecular weight is 264 g/mol. The van der Waals surface area contributed by atoms with Crippen LogP contribution in [0.25, 0.3) is 21.9 Å². The molecule has 18 heavy (non-hydrogen) atoms. The van der Waals surface area contributed by atoms with E-state index in [4.69, 9.17) is 4.42 Å². The number of halogens is 1. The molecule has 0 radical (unpaired) electrons. The highest BCUT2D eigenvalue weighted by atomic mass is 35.5. The van der Waals surface area contributed by atoms with Crippen LogP contribution in [0, 0.1) is 0 Å². The third-order valence-electron chi connectivity index (χ3n) is 3.57. The van der Waals surface area contributed by atoms with E-state index in [1.54, 1.807) is 6.26 Å². The van der Waals surface area contributed by atoms with Crippen LogP contribution >= 0.6 is 12.4 Å². The van der Waals surface area contributed by atoms with E-state index < -0.39 is 0 Å². The predicted octanol–water partition coefficient (Wildman–Crippen LogP) is 2.74. The summed E-state index contributed by atoms with van der Waals surface area (Å²) in [5.74, 6) is 0. The van der Waals surface area contributed by atoms with Crippen molar-refractivity contribution in [1.82, 2.24) is 15.1 Å². The van der Waals surface area contributed by atoms with E-state index >= 15 is 0 Å². The van der Waals surface area contributed by atoms with Crippen molar-refractivity contribution in [1.29, 1.82) is 0 Å². The van der Waals surface area contributed by atoms with Crippen molar-refractivity contribution in [3.63, 3.8) is 0 Å². The van der Waals surface area contributed by atoms with Crippen molar-refractivity contribution >= 4 is 34.3 Å². The zero-order valence-electron chi connectivity index (χ0n) is 9.80. The van der Waals surface area contributed by atoms with Gasteiger partial charge in [0.15, 0.2) is 0 Å². The summed E-state index contributed by atoms with van der Waals surface area (Å²) in [5.41, 5.74) is 2.13. The Kier molecular flexibility index (Phi) is 2.76. The molecule has 0 bridgehead atoms. The van der Waals surface area contributed by atoms with Crippen LogP contribution in [0.5, 0.6) is 0 Å². The van der Waals surface area contributed by atoms with Crippen LogP contribution in [0.15, 0.2) is 35.1 Å². The average Bonchev–Trinajstić information content (AvgIpc) is 3.08. The first kappa shape index (κ1) is 11.6. The Morgan fingerprint density at radius 1 is 1.33 bits per heavy atom. The highest BCUT2D eigenvalue weighted by molar-refractivity contribution is 6.03. The van der Waals surface area contributed by atoms with Gasteiger partial charge in [0.25, 0.3) is 0 Å². The molecular formula is C13H14ClN3O. The summed E-state index contributed by atoms with van der Waals surface area (Å²) >= 11 is 0. The molecule has 1 fully saturated rings. The lowest BCUT2D eigenvalue weighted by Crippen LogP contribution is -2.14. The standard InChI is InChI=1S/C13H13N3O.ClH/c1-2-12-11(4-6-17-12)13-9(1)7-15-16(13)10-3-5-14-8-10;/h1-2,4,6-7,10,14H,3,5,8H2;1H. The van der Waals surface area contributed by atoms with E-state index in [0.717, 1.165) is 30.5 Å². The molecule has 3 aromatic rings. The van der Waals surface area contributed by atoms with Crippen LogP contribution < -0.4 is 5.32 Å². The molecule has 5 heteroatoms. The van der Waals surface area contributed by atoms with Gasteiger partial charge in [0.2, 0.25) is 0 Å². The smallest absolute Gasteiger partial charge is 0.136 e. The highest BCUT2D eigenvalue weighted by Crippen LogP contribution is 2.29. The lowest BCUT2D eigenvalue weighted by molar-refractivity contribution is 0.507. The number of hydrogen-bond donors (Lipinski definition) is 1. The fourth-order valence-corrected chi connectivity index (χ4v) is 2.71. The minimum atomic E-state index is 0. The molecule has 1 aliphatic heterocycles. The van der Waals surface area contributed by atoms with Crippen molar-refractivity contribution in [3.8, 4) is 0 Å². The molecule has 1 saturated heterocycles. The van der Waals surface area contributed by atoms with Gasteiger partial charge in [-0.05, 0) is 31.2 Å². The second-order valence-corrected chi connectivity index (χ2v) is 4.57. The minimum Gasteiger partial charge on any atom is -0.464 e. The molecule has 4 nitrogen and oxygen atoms in total. The molecule has 1 atom stereocenters. The number of hydrogen-bond acceptors (Lipinski definition) is 3. The summed E-state index contributed by atoms with van der Waals surface area (Å²) in [6, 6.07) is 6.58. The fraction of sp³-hybridized carbons (Fsp3) is 0.308. The molecule has 4 rings (SSSR count). The van der Waals surface area contributed by atoms with Gasteiger partial charge in [0.1, 0.15) is 5.58 Å². The Morgan fingerprint density at radius 2 is 2.28 bits per heavy atom. The van der Waals surface area contributed by atoms with Crippen LogP contribution in [0.1, 0.15) is 12.5 Å². The fourth-order valence-electron chi connectivity index (χ4n) is 2.71. The summed E-state index contributed by atoms with van der Waals surface area (Å²) in [6.45, 7) is 2.08. The lowest BCUT2D eigenvalue weighted by atomic mass is 10.1. The second-order valence-electron chi connectivity index (χ2n) is 4.57. The number of fused-ring (bicyclic) bond motifs is 3. The maximum Gasteiger partial charge on any atom is 0.136 e. The summed E-state index contributed by atoms with van der Waals surface area (Å²) in [7, 11) is 0. The van der Waals surface area contributed by atoms with Gasteiger partial charge in [0, 0.05) is 17.3 Å². The maximum atomic E-state index is 5.46. The SMILES string of the molecule is Cl.c1cc2c(ccc3cnn(C4CCNC4)c32)o1. The Balaban J connectivity index is 0.000001000. The van der Waals surface area contributed by atoms with Crippen LogP contribution in [-0.4, -0.2) is 22.9 Å². The third-order valence-corrected chi connectivity index (χ3v) is 3.57. The minimum absolute atomic E-state index is 0.